The molecule has 0 aromatic rings. The molecule has 62 valence electrons. The average Bonchev–Trinajstić information content (AvgIpc) is 1.87. The zero-order valence-corrected chi connectivity index (χ0v) is 8.13. The van der Waals surface area contributed by atoms with Gasteiger partial charge in [0.05, 0.1) is 0 Å². The van der Waals surface area contributed by atoms with Crippen LogP contribution in [0.5, 0.6) is 0 Å². The first-order valence-electron chi connectivity index (χ1n) is 4.08. The van der Waals surface area contributed by atoms with E-state index >= 15 is 0 Å². The van der Waals surface area contributed by atoms with Crippen molar-refractivity contribution in [2.45, 2.75) is 33.2 Å². The van der Waals surface area contributed by atoms with Gasteiger partial charge in [0.15, 0.2) is 0 Å². The Kier molecular flexibility index (Phi) is 7.65. The lowest BCUT2D eigenvalue weighted by Crippen LogP contribution is -2.25. The summed E-state index contributed by atoms with van der Waals surface area (Å²) in [7, 11) is 0. The fourth-order valence-corrected chi connectivity index (χ4v) is 1.42. The molecule has 0 atom stereocenters. The highest BCUT2D eigenvalue weighted by Gasteiger charge is 1.90. The van der Waals surface area contributed by atoms with Crippen molar-refractivity contribution in [2.75, 3.05) is 18.1 Å². The molecule has 0 aromatic carbocycles. The van der Waals surface area contributed by atoms with E-state index in [1.807, 2.05) is 11.8 Å². The monoisotopic (exact) mass is 161 g/mol. The molecule has 0 aliphatic carbocycles. The van der Waals surface area contributed by atoms with E-state index < -0.39 is 0 Å². The fraction of sp³-hybridized carbons (Fsp3) is 1.00. The van der Waals surface area contributed by atoms with E-state index in [2.05, 4.69) is 26.1 Å². The minimum atomic E-state index is 0.641. The van der Waals surface area contributed by atoms with Crippen molar-refractivity contribution in [3.05, 3.63) is 0 Å². The second-order valence-electron chi connectivity index (χ2n) is 2.72. The molecular weight excluding hydrogens is 142 g/mol. The van der Waals surface area contributed by atoms with Gasteiger partial charge in [-0.25, -0.2) is 0 Å². The number of hydrogen-bond acceptors (Lipinski definition) is 2. The lowest BCUT2D eigenvalue weighted by molar-refractivity contribution is 0.616. The van der Waals surface area contributed by atoms with Crippen molar-refractivity contribution in [1.29, 1.82) is 0 Å². The molecule has 0 heterocycles. The minimum absolute atomic E-state index is 0.641. The Hall–Kier alpha value is 0.310. The summed E-state index contributed by atoms with van der Waals surface area (Å²) in [4.78, 5) is 0. The molecule has 0 amide bonds. The maximum atomic E-state index is 3.38. The predicted molar refractivity (Wildman–Crippen MR) is 50.8 cm³/mol. The van der Waals surface area contributed by atoms with E-state index in [0.29, 0.717) is 6.04 Å². The third-order valence-electron chi connectivity index (χ3n) is 1.15. The van der Waals surface area contributed by atoms with E-state index in [9.17, 15) is 0 Å². The van der Waals surface area contributed by atoms with Crippen LogP contribution in [0.1, 0.15) is 27.2 Å². The van der Waals surface area contributed by atoms with Crippen LogP contribution in [0.3, 0.4) is 0 Å². The minimum Gasteiger partial charge on any atom is -0.314 e. The summed E-state index contributed by atoms with van der Waals surface area (Å²) in [5.41, 5.74) is 0. The van der Waals surface area contributed by atoms with Crippen LogP contribution < -0.4 is 5.32 Å². The topological polar surface area (TPSA) is 12.0 Å². The molecule has 10 heavy (non-hydrogen) atoms. The van der Waals surface area contributed by atoms with Gasteiger partial charge in [0.25, 0.3) is 0 Å². The first-order chi connectivity index (χ1) is 4.77. The summed E-state index contributed by atoms with van der Waals surface area (Å²) in [6.07, 6.45) is 1.30. The SMILES string of the molecule is CCCSCCNC(C)C. The summed E-state index contributed by atoms with van der Waals surface area (Å²) in [6, 6.07) is 0.641. The van der Waals surface area contributed by atoms with Crippen molar-refractivity contribution in [1.82, 2.24) is 5.32 Å². The van der Waals surface area contributed by atoms with Crippen LogP contribution in [0.4, 0.5) is 0 Å². The number of thioether (sulfide) groups is 1. The molecule has 2 heteroatoms. The predicted octanol–water partition coefficient (Wildman–Crippen LogP) is 2.13. The van der Waals surface area contributed by atoms with Crippen LogP contribution in [0.15, 0.2) is 0 Å². The summed E-state index contributed by atoms with van der Waals surface area (Å²) in [5, 5.41) is 3.38. The Bertz CT molecular complexity index is 64.3. The van der Waals surface area contributed by atoms with Crippen LogP contribution in [-0.4, -0.2) is 24.1 Å². The molecule has 1 nitrogen and oxygen atoms in total. The fourth-order valence-electron chi connectivity index (χ4n) is 0.666. The molecule has 0 rings (SSSR count). The highest BCUT2D eigenvalue weighted by molar-refractivity contribution is 7.99. The Morgan fingerprint density at radius 2 is 2.00 bits per heavy atom. The van der Waals surface area contributed by atoms with Gasteiger partial charge in [0.1, 0.15) is 0 Å². The van der Waals surface area contributed by atoms with Crippen LogP contribution >= 0.6 is 11.8 Å². The van der Waals surface area contributed by atoms with Gasteiger partial charge in [-0.1, -0.05) is 20.8 Å². The smallest absolute Gasteiger partial charge is 0.00581 e. The maximum absolute atomic E-state index is 3.38. The summed E-state index contributed by atoms with van der Waals surface area (Å²) in [6.45, 7) is 7.75. The molecule has 0 bridgehead atoms. The Balaban J connectivity index is 2.77. The van der Waals surface area contributed by atoms with Gasteiger partial charge in [-0.3, -0.25) is 0 Å². The molecule has 0 saturated heterocycles. The number of rotatable bonds is 6. The zero-order valence-electron chi connectivity index (χ0n) is 7.31. The van der Waals surface area contributed by atoms with Crippen LogP contribution in [0, 0.1) is 0 Å². The third-order valence-corrected chi connectivity index (χ3v) is 2.34. The molecule has 0 fully saturated rings. The first-order valence-corrected chi connectivity index (χ1v) is 5.24. The Morgan fingerprint density at radius 3 is 2.50 bits per heavy atom. The molecule has 0 aliphatic rings. The van der Waals surface area contributed by atoms with Gasteiger partial charge in [-0.2, -0.15) is 11.8 Å². The highest BCUT2D eigenvalue weighted by atomic mass is 32.2. The summed E-state index contributed by atoms with van der Waals surface area (Å²) in [5.74, 6) is 2.56. The molecule has 0 spiro atoms. The van der Waals surface area contributed by atoms with Gasteiger partial charge < -0.3 is 5.32 Å². The standard InChI is InChI=1S/C8H19NS/c1-4-6-10-7-5-9-8(2)3/h8-9H,4-7H2,1-3H3. The van der Waals surface area contributed by atoms with Crippen molar-refractivity contribution in [3.63, 3.8) is 0 Å². The quantitative estimate of drug-likeness (QED) is 0.599. The van der Waals surface area contributed by atoms with Gasteiger partial charge in [-0.15, -0.1) is 0 Å². The lowest BCUT2D eigenvalue weighted by atomic mass is 10.4. The van der Waals surface area contributed by atoms with E-state index in [1.165, 1.54) is 17.9 Å². The van der Waals surface area contributed by atoms with E-state index in [-0.39, 0.29) is 0 Å². The highest BCUT2D eigenvalue weighted by Crippen LogP contribution is 1.99. The van der Waals surface area contributed by atoms with Gasteiger partial charge in [-0.05, 0) is 12.2 Å². The maximum Gasteiger partial charge on any atom is 0.00581 e. The second-order valence-corrected chi connectivity index (χ2v) is 3.95. The van der Waals surface area contributed by atoms with Crippen molar-refractivity contribution in [3.8, 4) is 0 Å². The van der Waals surface area contributed by atoms with Gasteiger partial charge >= 0.3 is 0 Å². The molecule has 0 aliphatic heterocycles. The van der Waals surface area contributed by atoms with Crippen LogP contribution in [-0.2, 0) is 0 Å². The number of nitrogens with one attached hydrogen (secondary N) is 1. The molecule has 0 radical (unpaired) electrons. The van der Waals surface area contributed by atoms with Gasteiger partial charge in [0, 0.05) is 18.3 Å². The van der Waals surface area contributed by atoms with E-state index in [4.69, 9.17) is 0 Å². The van der Waals surface area contributed by atoms with Gasteiger partial charge in [0.2, 0.25) is 0 Å². The lowest BCUT2D eigenvalue weighted by Gasteiger charge is -2.06. The van der Waals surface area contributed by atoms with E-state index in [0.717, 1.165) is 6.54 Å². The second kappa shape index (κ2) is 7.42. The van der Waals surface area contributed by atoms with Crippen LogP contribution in [0.2, 0.25) is 0 Å². The largest absolute Gasteiger partial charge is 0.314 e. The molecule has 0 unspecified atom stereocenters. The summed E-state index contributed by atoms with van der Waals surface area (Å²) >= 11 is 2.03. The zero-order chi connectivity index (χ0) is 7.82. The first kappa shape index (κ1) is 10.3. The summed E-state index contributed by atoms with van der Waals surface area (Å²) < 4.78 is 0. The molecule has 0 saturated carbocycles. The molecule has 1 N–H and O–H groups in total. The number of hydrogen-bond donors (Lipinski definition) is 1. The van der Waals surface area contributed by atoms with E-state index in [1.54, 1.807) is 0 Å². The average molecular weight is 161 g/mol. The van der Waals surface area contributed by atoms with Crippen molar-refractivity contribution < 1.29 is 0 Å². The van der Waals surface area contributed by atoms with Crippen molar-refractivity contribution in [2.24, 2.45) is 0 Å². The van der Waals surface area contributed by atoms with Crippen molar-refractivity contribution >= 4 is 11.8 Å². The Morgan fingerprint density at radius 1 is 1.30 bits per heavy atom. The third kappa shape index (κ3) is 8.31. The Labute approximate surface area is 69.0 Å². The normalized spacial score (nSPS) is 10.8. The van der Waals surface area contributed by atoms with Crippen LogP contribution in [0.25, 0.3) is 0 Å². The molecule has 0 aromatic heterocycles. The molecular formula is C8H19NS.